The average Bonchev–Trinajstić information content (AvgIpc) is 4.10. The molecule has 0 amide bonds. The van der Waals surface area contributed by atoms with Crippen LogP contribution in [0.15, 0.2) is 168 Å². The molecule has 0 saturated carbocycles. The van der Waals surface area contributed by atoms with Gasteiger partial charge >= 0.3 is 0 Å². The predicted octanol–water partition coefficient (Wildman–Crippen LogP) is 12.3. The van der Waals surface area contributed by atoms with E-state index < -0.39 is 16.1 Å². The molecule has 0 nitrogen and oxygen atoms in total. The third-order valence-electron chi connectivity index (χ3n) is 12.6. The standard InChI is InChI=1S/C53H50S3Si2/c1-7-39-30-31-54-50(39)48-32-36(4)53(57(48,42-22-14-10-15-23-42)43-24-16-11-17-25-43)47-35-41(9-3)51(56-47)49-33-37(5)52(46-34-40(8-2)38(6)55-46)58(49,44-26-18-12-19-27-44)45-28-20-13-21-29-45/h10-35H,7-9H2,1-6H3. The van der Waals surface area contributed by atoms with Gasteiger partial charge in [-0.25, -0.2) is 0 Å². The molecule has 9 rings (SSSR count). The van der Waals surface area contributed by atoms with Gasteiger partial charge in [0.25, 0.3) is 0 Å². The molecule has 0 spiro atoms. The molecule has 0 atom stereocenters. The van der Waals surface area contributed by atoms with Gasteiger partial charge in [0.1, 0.15) is 0 Å². The first-order valence-corrected chi connectivity index (χ1v) is 27.3. The third kappa shape index (κ3) is 6.00. The molecule has 0 N–H and O–H groups in total. The second-order valence-corrected chi connectivity index (χ2v) is 26.3. The van der Waals surface area contributed by atoms with E-state index in [4.69, 9.17) is 0 Å². The maximum Gasteiger partial charge on any atom is 0.182 e. The van der Waals surface area contributed by atoms with Gasteiger partial charge in [-0.2, -0.15) is 0 Å². The van der Waals surface area contributed by atoms with Crippen molar-refractivity contribution in [1.82, 2.24) is 0 Å². The van der Waals surface area contributed by atoms with Crippen LogP contribution in [0.3, 0.4) is 0 Å². The summed E-state index contributed by atoms with van der Waals surface area (Å²) in [6.45, 7) is 14.1. The van der Waals surface area contributed by atoms with Crippen molar-refractivity contribution in [3.8, 4) is 0 Å². The van der Waals surface area contributed by atoms with Gasteiger partial charge < -0.3 is 0 Å². The summed E-state index contributed by atoms with van der Waals surface area (Å²) >= 11 is 6.01. The molecule has 2 aliphatic rings. The van der Waals surface area contributed by atoms with E-state index in [2.05, 4.69) is 210 Å². The molecule has 5 heteroatoms. The highest BCUT2D eigenvalue weighted by atomic mass is 32.1. The van der Waals surface area contributed by atoms with Crippen molar-refractivity contribution in [1.29, 1.82) is 0 Å². The normalized spacial score (nSPS) is 16.0. The second kappa shape index (κ2) is 15.9. The van der Waals surface area contributed by atoms with Crippen LogP contribution in [-0.4, -0.2) is 16.1 Å². The van der Waals surface area contributed by atoms with E-state index in [1.165, 1.54) is 83.4 Å². The van der Waals surface area contributed by atoms with E-state index in [0.29, 0.717) is 0 Å². The summed E-state index contributed by atoms with van der Waals surface area (Å²) in [7, 11) is -5.56. The molecule has 0 unspecified atom stereocenters. The summed E-state index contributed by atoms with van der Waals surface area (Å²) in [5.41, 5.74) is 7.21. The predicted molar refractivity (Wildman–Crippen MR) is 263 cm³/mol. The Morgan fingerprint density at radius 3 is 1.24 bits per heavy atom. The highest BCUT2D eigenvalue weighted by Gasteiger charge is 2.53. The lowest BCUT2D eigenvalue weighted by Crippen LogP contribution is -2.59. The van der Waals surface area contributed by atoms with Crippen molar-refractivity contribution in [3.05, 3.63) is 209 Å². The molecular weight excluding hydrogens is 789 g/mol. The second-order valence-electron chi connectivity index (χ2n) is 15.7. The Kier molecular flexibility index (Phi) is 10.6. The summed E-state index contributed by atoms with van der Waals surface area (Å²) in [5, 5.41) is 14.3. The number of thiophene rings is 3. The molecular formula is C53H50S3Si2. The number of allylic oxidation sites excluding steroid dienone is 4. The van der Waals surface area contributed by atoms with Crippen LogP contribution >= 0.6 is 34.0 Å². The van der Waals surface area contributed by atoms with Gasteiger partial charge in [-0.1, -0.05) is 154 Å². The molecule has 7 aromatic rings. The van der Waals surface area contributed by atoms with Crippen LogP contribution < -0.4 is 20.7 Å². The van der Waals surface area contributed by atoms with E-state index >= 15 is 0 Å². The summed E-state index contributed by atoms with van der Waals surface area (Å²) < 4.78 is 0. The SMILES string of the molecule is CCc1cc(C2=C(C)C=C(c3sc(C4=C(C)C=C(c5sccc5CC)[Si]4(c4ccccc4)c4ccccc4)cc3CC)[Si]2(c2ccccc2)c2ccccc2)sc1C. The topological polar surface area (TPSA) is 0 Å². The third-order valence-corrected chi connectivity index (χ3v) is 26.7. The van der Waals surface area contributed by atoms with Gasteiger partial charge in [0.15, 0.2) is 16.1 Å². The minimum Gasteiger partial charge on any atom is -0.144 e. The van der Waals surface area contributed by atoms with Crippen LogP contribution in [0.1, 0.15) is 75.7 Å². The van der Waals surface area contributed by atoms with Gasteiger partial charge in [0.2, 0.25) is 0 Å². The quantitative estimate of drug-likeness (QED) is 0.114. The van der Waals surface area contributed by atoms with Gasteiger partial charge in [0, 0.05) is 24.4 Å². The maximum absolute atomic E-state index is 2.79. The van der Waals surface area contributed by atoms with Crippen molar-refractivity contribution in [2.24, 2.45) is 0 Å². The van der Waals surface area contributed by atoms with E-state index in [1.54, 1.807) is 10.4 Å². The Morgan fingerprint density at radius 1 is 0.431 bits per heavy atom. The minimum absolute atomic E-state index is 0.979. The van der Waals surface area contributed by atoms with Gasteiger partial charge in [-0.05, 0) is 133 Å². The Balaban J connectivity index is 1.33. The number of aryl methyl sites for hydroxylation is 4. The Bertz CT molecular complexity index is 2660. The zero-order valence-corrected chi connectivity index (χ0v) is 38.8. The first-order chi connectivity index (χ1) is 28.4. The lowest BCUT2D eigenvalue weighted by Gasteiger charge is -2.35. The summed E-state index contributed by atoms with van der Waals surface area (Å²) in [6, 6.07) is 53.8. The molecule has 4 aromatic carbocycles. The number of rotatable bonds is 11. The maximum atomic E-state index is 2.62. The van der Waals surface area contributed by atoms with Gasteiger partial charge in [-0.3, -0.25) is 0 Å². The minimum atomic E-state index is -2.79. The Morgan fingerprint density at radius 2 is 0.828 bits per heavy atom. The number of hydrogen-bond donors (Lipinski definition) is 0. The van der Waals surface area contributed by atoms with Crippen LogP contribution in [0.5, 0.6) is 0 Å². The van der Waals surface area contributed by atoms with Crippen molar-refractivity contribution in [2.75, 3.05) is 0 Å². The van der Waals surface area contributed by atoms with Gasteiger partial charge in [0.05, 0.1) is 0 Å². The van der Waals surface area contributed by atoms with Crippen LogP contribution in [0, 0.1) is 6.92 Å². The van der Waals surface area contributed by atoms with E-state index in [1.807, 2.05) is 22.7 Å². The molecule has 0 fully saturated rings. The zero-order chi connectivity index (χ0) is 40.0. The monoisotopic (exact) mass is 838 g/mol. The average molecular weight is 839 g/mol. The van der Waals surface area contributed by atoms with Crippen molar-refractivity contribution in [3.63, 3.8) is 0 Å². The molecule has 3 aromatic heterocycles. The lowest BCUT2D eigenvalue weighted by molar-refractivity contribution is 1.13. The molecule has 0 radical (unpaired) electrons. The highest BCUT2D eigenvalue weighted by molar-refractivity contribution is 7.34. The molecule has 5 heterocycles. The number of hydrogen-bond acceptors (Lipinski definition) is 3. The Labute approximate surface area is 359 Å². The van der Waals surface area contributed by atoms with E-state index in [-0.39, 0.29) is 0 Å². The fourth-order valence-electron chi connectivity index (χ4n) is 10.1. The zero-order valence-electron chi connectivity index (χ0n) is 34.4. The molecule has 0 bridgehead atoms. The summed E-state index contributed by atoms with van der Waals surface area (Å²) in [4.78, 5) is 7.25. The molecule has 0 saturated heterocycles. The van der Waals surface area contributed by atoms with Crippen molar-refractivity contribution < 1.29 is 0 Å². The molecule has 2 aliphatic heterocycles. The fraction of sp³-hybridized carbons (Fsp3) is 0.170. The van der Waals surface area contributed by atoms with Crippen LogP contribution in [-0.2, 0) is 19.3 Å². The van der Waals surface area contributed by atoms with Gasteiger partial charge in [-0.15, -0.1) is 34.0 Å². The van der Waals surface area contributed by atoms with Crippen molar-refractivity contribution in [2.45, 2.75) is 60.8 Å². The summed E-state index contributed by atoms with van der Waals surface area (Å²) in [6.07, 6.45) is 8.27. The smallest absolute Gasteiger partial charge is 0.144 e. The van der Waals surface area contributed by atoms with Crippen LogP contribution in [0.25, 0.3) is 20.8 Å². The van der Waals surface area contributed by atoms with Crippen LogP contribution in [0.2, 0.25) is 0 Å². The Hall–Kier alpha value is -4.63. The van der Waals surface area contributed by atoms with Crippen molar-refractivity contribution >= 4 is 91.7 Å². The first-order valence-electron chi connectivity index (χ1n) is 20.8. The highest BCUT2D eigenvalue weighted by Crippen LogP contribution is 2.53. The summed E-state index contributed by atoms with van der Waals surface area (Å²) in [5.74, 6) is 0. The molecule has 288 valence electrons. The van der Waals surface area contributed by atoms with Crippen LogP contribution in [0.4, 0.5) is 0 Å². The van der Waals surface area contributed by atoms with E-state index in [9.17, 15) is 0 Å². The number of benzene rings is 4. The molecule has 58 heavy (non-hydrogen) atoms. The molecule has 0 aliphatic carbocycles. The van der Waals surface area contributed by atoms with E-state index in [0.717, 1.165) is 19.3 Å². The fourth-order valence-corrected chi connectivity index (χ4v) is 26.2. The first kappa shape index (κ1) is 38.9. The largest absolute Gasteiger partial charge is 0.182 e. The lowest BCUT2D eigenvalue weighted by atomic mass is 10.1.